The number of imide groups is 1. The third kappa shape index (κ3) is 3.95. The van der Waals surface area contributed by atoms with Gasteiger partial charge in [-0.1, -0.05) is 78.9 Å². The lowest BCUT2D eigenvalue weighted by Crippen LogP contribution is -2.29. The van der Waals surface area contributed by atoms with E-state index in [0.717, 1.165) is 44.1 Å². The summed E-state index contributed by atoms with van der Waals surface area (Å²) in [6.45, 7) is 7.61. The number of amides is 2. The number of rotatable bonds is 4. The van der Waals surface area contributed by atoms with E-state index in [2.05, 4.69) is 15.5 Å². The van der Waals surface area contributed by atoms with Gasteiger partial charge in [0.2, 0.25) is 0 Å². The van der Waals surface area contributed by atoms with E-state index in [-0.39, 0.29) is 11.8 Å². The molecule has 6 aromatic carbocycles. The molecule has 2 amide bonds. The highest BCUT2D eigenvalue weighted by molar-refractivity contribution is 6.36. The number of anilines is 1. The lowest BCUT2D eigenvalue weighted by atomic mass is 9.94. The molecule has 6 nitrogen and oxygen atoms in total. The summed E-state index contributed by atoms with van der Waals surface area (Å²) < 4.78 is 2.06. The molecule has 2 heterocycles. The van der Waals surface area contributed by atoms with E-state index in [1.807, 2.05) is 91.0 Å². The van der Waals surface area contributed by atoms with Crippen molar-refractivity contribution in [2.24, 2.45) is 0 Å². The predicted octanol–water partition coefficient (Wildman–Crippen LogP) is 9.34. The number of carbonyl (C=O) groups excluding carboxylic acids is 2. The number of benzene rings is 6. The third-order valence-corrected chi connectivity index (χ3v) is 8.55. The lowest BCUT2D eigenvalue weighted by molar-refractivity contribution is 0.0926. The average molecular weight is 591 g/mol. The van der Waals surface area contributed by atoms with Gasteiger partial charge in [0.15, 0.2) is 5.69 Å². The van der Waals surface area contributed by atoms with Crippen molar-refractivity contribution in [1.29, 1.82) is 5.26 Å². The maximum absolute atomic E-state index is 14.1. The molecule has 0 bridgehead atoms. The fourth-order valence-electron chi connectivity index (χ4n) is 6.61. The first-order valence-corrected chi connectivity index (χ1v) is 14.7. The molecular weight excluding hydrogens is 568 g/mol. The Labute approximate surface area is 264 Å². The minimum atomic E-state index is -0.379. The number of nitriles is 1. The Morgan fingerprint density at radius 3 is 1.89 bits per heavy atom. The largest absolute Gasteiger partial charge is 0.308 e. The van der Waals surface area contributed by atoms with Gasteiger partial charge in [0.1, 0.15) is 0 Å². The Morgan fingerprint density at radius 2 is 1.22 bits per heavy atom. The Kier molecular flexibility index (Phi) is 6.10. The van der Waals surface area contributed by atoms with Crippen LogP contribution in [-0.4, -0.2) is 16.4 Å². The molecule has 0 fully saturated rings. The summed E-state index contributed by atoms with van der Waals surface area (Å²) in [4.78, 5) is 32.7. The predicted molar refractivity (Wildman–Crippen MR) is 180 cm³/mol. The van der Waals surface area contributed by atoms with E-state index in [1.165, 1.54) is 4.90 Å². The molecule has 1 aliphatic heterocycles. The Morgan fingerprint density at radius 1 is 0.609 bits per heavy atom. The molecule has 7 aromatic rings. The number of fused-ring (bicyclic) bond motifs is 4. The minimum Gasteiger partial charge on any atom is -0.308 e. The fraction of sp³-hybridized carbons (Fsp3) is 0. The topological polar surface area (TPSA) is 70.5 Å². The highest BCUT2D eigenvalue weighted by Gasteiger charge is 2.39. The summed E-state index contributed by atoms with van der Waals surface area (Å²) in [5.41, 5.74) is 8.20. The van der Waals surface area contributed by atoms with E-state index in [4.69, 9.17) is 6.57 Å². The zero-order chi connectivity index (χ0) is 31.4. The molecule has 0 saturated heterocycles. The van der Waals surface area contributed by atoms with E-state index < -0.39 is 0 Å². The van der Waals surface area contributed by atoms with Crippen LogP contribution >= 0.6 is 0 Å². The highest BCUT2D eigenvalue weighted by Crippen LogP contribution is 2.44. The van der Waals surface area contributed by atoms with Gasteiger partial charge in [0.25, 0.3) is 11.8 Å². The van der Waals surface area contributed by atoms with Crippen molar-refractivity contribution in [3.05, 3.63) is 162 Å². The van der Waals surface area contributed by atoms with Crippen molar-refractivity contribution >= 4 is 45.0 Å². The first kappa shape index (κ1) is 26.8. The van der Waals surface area contributed by atoms with Crippen LogP contribution in [0.3, 0.4) is 0 Å². The molecule has 6 heteroatoms. The summed E-state index contributed by atoms with van der Waals surface area (Å²) in [6, 6.07) is 43.7. The van der Waals surface area contributed by atoms with Gasteiger partial charge in [-0.05, 0) is 76.9 Å². The lowest BCUT2D eigenvalue weighted by Gasteiger charge is -2.14. The molecule has 46 heavy (non-hydrogen) atoms. The van der Waals surface area contributed by atoms with Crippen molar-refractivity contribution < 1.29 is 9.59 Å². The van der Waals surface area contributed by atoms with Crippen LogP contribution in [0.2, 0.25) is 0 Å². The van der Waals surface area contributed by atoms with Gasteiger partial charge in [-0.3, -0.25) is 9.59 Å². The van der Waals surface area contributed by atoms with Crippen LogP contribution in [0.1, 0.15) is 26.3 Å². The number of carbonyl (C=O) groups is 2. The number of nitrogens with zero attached hydrogens (tertiary/aromatic N) is 4. The van der Waals surface area contributed by atoms with Gasteiger partial charge in [-0.25, -0.2) is 9.74 Å². The molecule has 0 aliphatic carbocycles. The van der Waals surface area contributed by atoms with E-state index in [0.29, 0.717) is 33.8 Å². The maximum Gasteiger partial charge on any atom is 0.268 e. The number of para-hydroxylation sites is 1. The van der Waals surface area contributed by atoms with Crippen LogP contribution in [0, 0.1) is 17.9 Å². The standard InChI is InChI=1S/C40H22N4O2/c1-42-28-13-6-12-27(23-28)31-17-8-20-34-37(31)36-30(26-11-5-10-25(22-26)24-41)16-7-19-33(36)44(34)35-21-9-18-32-38(35)40(46)43(39(32)45)29-14-3-2-4-15-29/h2-23H. The van der Waals surface area contributed by atoms with Crippen molar-refractivity contribution in [2.45, 2.75) is 0 Å². The molecule has 0 N–H and O–H groups in total. The second kappa shape index (κ2) is 10.4. The van der Waals surface area contributed by atoms with Gasteiger partial charge in [0, 0.05) is 10.8 Å². The van der Waals surface area contributed by atoms with Crippen molar-refractivity contribution in [1.82, 2.24) is 4.57 Å². The molecule has 0 atom stereocenters. The summed E-state index contributed by atoms with van der Waals surface area (Å²) >= 11 is 0. The zero-order valence-electron chi connectivity index (χ0n) is 24.3. The average Bonchev–Trinajstić information content (AvgIpc) is 3.59. The summed E-state index contributed by atoms with van der Waals surface area (Å²) in [5.74, 6) is -0.741. The summed E-state index contributed by atoms with van der Waals surface area (Å²) in [6.07, 6.45) is 0. The Balaban J connectivity index is 1.48. The van der Waals surface area contributed by atoms with Crippen molar-refractivity contribution in [2.75, 3.05) is 4.90 Å². The number of hydrogen-bond donors (Lipinski definition) is 0. The fourth-order valence-corrected chi connectivity index (χ4v) is 6.61. The smallest absolute Gasteiger partial charge is 0.268 e. The normalized spacial score (nSPS) is 12.3. The molecular formula is C40H22N4O2. The van der Waals surface area contributed by atoms with E-state index >= 15 is 0 Å². The van der Waals surface area contributed by atoms with Gasteiger partial charge in [0.05, 0.1) is 51.7 Å². The SMILES string of the molecule is [C-]#[N+]c1cccc(-c2cccc3c2c2c(-c4cccc(C#N)c4)cccc2n3-c2cccc3c2C(=O)N(c2ccccc2)C3=O)c1. The second-order valence-electron chi connectivity index (χ2n) is 11.1. The number of hydrogen-bond acceptors (Lipinski definition) is 3. The van der Waals surface area contributed by atoms with E-state index in [9.17, 15) is 14.9 Å². The first-order valence-electron chi connectivity index (χ1n) is 14.7. The monoisotopic (exact) mass is 590 g/mol. The minimum absolute atomic E-state index is 0.340. The number of aromatic nitrogens is 1. The second-order valence-corrected chi connectivity index (χ2v) is 11.1. The third-order valence-electron chi connectivity index (χ3n) is 8.55. The van der Waals surface area contributed by atoms with Crippen LogP contribution in [-0.2, 0) is 0 Å². The van der Waals surface area contributed by atoms with Crippen LogP contribution < -0.4 is 4.90 Å². The molecule has 0 unspecified atom stereocenters. The molecule has 214 valence electrons. The first-order chi connectivity index (χ1) is 22.6. The quantitative estimate of drug-likeness (QED) is 0.151. The van der Waals surface area contributed by atoms with Crippen LogP contribution in [0.5, 0.6) is 0 Å². The molecule has 0 saturated carbocycles. The van der Waals surface area contributed by atoms with Crippen molar-refractivity contribution in [3.8, 4) is 34.0 Å². The van der Waals surface area contributed by atoms with Crippen LogP contribution in [0.15, 0.2) is 133 Å². The molecule has 0 spiro atoms. The van der Waals surface area contributed by atoms with Crippen molar-refractivity contribution in [3.63, 3.8) is 0 Å². The Bertz CT molecular complexity index is 2380. The molecule has 1 aromatic heterocycles. The molecule has 1 aliphatic rings. The zero-order valence-corrected chi connectivity index (χ0v) is 24.3. The highest BCUT2D eigenvalue weighted by atomic mass is 16.2. The van der Waals surface area contributed by atoms with Gasteiger partial charge in [-0.15, -0.1) is 0 Å². The van der Waals surface area contributed by atoms with Gasteiger partial charge >= 0.3 is 0 Å². The summed E-state index contributed by atoms with van der Waals surface area (Å²) in [5, 5.41) is 11.6. The Hall–Kier alpha value is -6.76. The van der Waals surface area contributed by atoms with E-state index in [1.54, 1.807) is 42.5 Å². The van der Waals surface area contributed by atoms with Gasteiger partial charge < -0.3 is 4.57 Å². The molecule has 8 rings (SSSR count). The maximum atomic E-state index is 14.1. The summed E-state index contributed by atoms with van der Waals surface area (Å²) in [7, 11) is 0. The molecule has 0 radical (unpaired) electrons. The van der Waals surface area contributed by atoms with Crippen LogP contribution in [0.25, 0.3) is 54.6 Å². The van der Waals surface area contributed by atoms with Crippen LogP contribution in [0.4, 0.5) is 11.4 Å². The van der Waals surface area contributed by atoms with Gasteiger partial charge in [-0.2, -0.15) is 5.26 Å².